The third-order valence-electron chi connectivity index (χ3n) is 5.16. The third kappa shape index (κ3) is 7.99. The molecule has 1 saturated carbocycles. The van der Waals surface area contributed by atoms with Crippen molar-refractivity contribution < 1.29 is 0 Å². The standard InChI is InChI=1S/C19H39N5.HI/c1-6-20-18(21-14-19(2,3)15-23(4)5)22-16-11-12-24(13-16)17-9-7-8-10-17;/h16-17H,6-15H2,1-5H3,(H2,20,21,22);1H. The fourth-order valence-electron chi connectivity index (χ4n) is 4.22. The molecule has 1 heterocycles. The Bertz CT molecular complexity index is 405. The maximum atomic E-state index is 4.87. The van der Waals surface area contributed by atoms with Gasteiger partial charge in [-0.3, -0.25) is 9.89 Å². The van der Waals surface area contributed by atoms with E-state index in [2.05, 4.69) is 55.3 Å². The van der Waals surface area contributed by atoms with E-state index < -0.39 is 0 Å². The van der Waals surface area contributed by atoms with Crippen molar-refractivity contribution in [1.82, 2.24) is 20.4 Å². The van der Waals surface area contributed by atoms with E-state index in [9.17, 15) is 0 Å². The minimum absolute atomic E-state index is 0. The smallest absolute Gasteiger partial charge is 0.191 e. The zero-order valence-corrected chi connectivity index (χ0v) is 19.3. The number of nitrogens with one attached hydrogen (secondary N) is 2. The van der Waals surface area contributed by atoms with Gasteiger partial charge < -0.3 is 15.5 Å². The molecule has 0 amide bonds. The Labute approximate surface area is 172 Å². The highest BCUT2D eigenvalue weighted by molar-refractivity contribution is 14.0. The topological polar surface area (TPSA) is 42.9 Å². The van der Waals surface area contributed by atoms with Crippen LogP contribution in [0.3, 0.4) is 0 Å². The second-order valence-electron chi connectivity index (χ2n) is 8.66. The zero-order valence-electron chi connectivity index (χ0n) is 17.0. The van der Waals surface area contributed by atoms with Gasteiger partial charge in [-0.05, 0) is 45.7 Å². The van der Waals surface area contributed by atoms with Crippen molar-refractivity contribution in [3.05, 3.63) is 0 Å². The van der Waals surface area contributed by atoms with E-state index in [1.807, 2.05) is 0 Å². The van der Waals surface area contributed by atoms with Crippen LogP contribution in [0.5, 0.6) is 0 Å². The van der Waals surface area contributed by atoms with Crippen LogP contribution in [0.15, 0.2) is 4.99 Å². The van der Waals surface area contributed by atoms with Gasteiger partial charge >= 0.3 is 0 Å². The van der Waals surface area contributed by atoms with E-state index in [-0.39, 0.29) is 29.4 Å². The lowest BCUT2D eigenvalue weighted by Gasteiger charge is -2.27. The quantitative estimate of drug-likeness (QED) is 0.345. The summed E-state index contributed by atoms with van der Waals surface area (Å²) in [6, 6.07) is 1.38. The van der Waals surface area contributed by atoms with Crippen molar-refractivity contribution in [3.63, 3.8) is 0 Å². The molecule has 148 valence electrons. The molecule has 2 rings (SSSR count). The summed E-state index contributed by atoms with van der Waals surface area (Å²) in [5.74, 6) is 0.989. The summed E-state index contributed by atoms with van der Waals surface area (Å²) in [6.07, 6.45) is 6.88. The Morgan fingerprint density at radius 2 is 1.88 bits per heavy atom. The number of halogens is 1. The number of nitrogens with zero attached hydrogens (tertiary/aromatic N) is 3. The second-order valence-corrected chi connectivity index (χ2v) is 8.66. The summed E-state index contributed by atoms with van der Waals surface area (Å²) in [4.78, 5) is 9.81. The summed E-state index contributed by atoms with van der Waals surface area (Å²) in [5.41, 5.74) is 0.192. The molecule has 5 nitrogen and oxygen atoms in total. The average Bonchev–Trinajstić information content (AvgIpc) is 3.14. The first-order valence-corrected chi connectivity index (χ1v) is 9.83. The summed E-state index contributed by atoms with van der Waals surface area (Å²) >= 11 is 0. The van der Waals surface area contributed by atoms with Gasteiger partial charge in [-0.25, -0.2) is 0 Å². The van der Waals surface area contributed by atoms with Crippen LogP contribution in [-0.4, -0.2) is 74.7 Å². The van der Waals surface area contributed by atoms with Crippen molar-refractivity contribution in [1.29, 1.82) is 0 Å². The fourth-order valence-corrected chi connectivity index (χ4v) is 4.22. The average molecular weight is 465 g/mol. The van der Waals surface area contributed by atoms with Crippen LogP contribution in [-0.2, 0) is 0 Å². The number of hydrogen-bond acceptors (Lipinski definition) is 3. The zero-order chi connectivity index (χ0) is 17.6. The molecule has 0 aromatic heterocycles. The first-order valence-electron chi connectivity index (χ1n) is 9.83. The van der Waals surface area contributed by atoms with Crippen LogP contribution in [0.2, 0.25) is 0 Å². The number of hydrogen-bond donors (Lipinski definition) is 2. The number of likely N-dealkylation sites (tertiary alicyclic amines) is 1. The minimum Gasteiger partial charge on any atom is -0.357 e. The van der Waals surface area contributed by atoms with E-state index in [1.54, 1.807) is 0 Å². The van der Waals surface area contributed by atoms with Crippen LogP contribution in [0.25, 0.3) is 0 Å². The monoisotopic (exact) mass is 465 g/mol. The number of guanidine groups is 1. The highest BCUT2D eigenvalue weighted by Crippen LogP contribution is 2.26. The Hall–Kier alpha value is -0.0800. The normalized spacial score (nSPS) is 23.1. The van der Waals surface area contributed by atoms with E-state index in [0.29, 0.717) is 6.04 Å². The van der Waals surface area contributed by atoms with E-state index in [0.717, 1.165) is 31.6 Å². The van der Waals surface area contributed by atoms with Crippen molar-refractivity contribution in [2.24, 2.45) is 10.4 Å². The molecule has 1 aliphatic carbocycles. The molecular weight excluding hydrogens is 425 g/mol. The van der Waals surface area contributed by atoms with Gasteiger partial charge in [0.25, 0.3) is 0 Å². The van der Waals surface area contributed by atoms with Crippen molar-refractivity contribution >= 4 is 29.9 Å². The summed E-state index contributed by atoms with van der Waals surface area (Å²) in [7, 11) is 4.26. The van der Waals surface area contributed by atoms with E-state index >= 15 is 0 Å². The van der Waals surface area contributed by atoms with Crippen LogP contribution in [0.4, 0.5) is 0 Å². The predicted molar refractivity (Wildman–Crippen MR) is 119 cm³/mol. The SMILES string of the molecule is CCNC(=NCC(C)(C)CN(C)C)NC1CCN(C2CCCC2)C1.I. The Kier molecular flexibility index (Phi) is 10.0. The third-order valence-corrected chi connectivity index (χ3v) is 5.16. The first kappa shape index (κ1) is 23.0. The predicted octanol–water partition coefficient (Wildman–Crippen LogP) is 2.76. The van der Waals surface area contributed by atoms with Crippen molar-refractivity contribution in [2.75, 3.05) is 46.8 Å². The largest absolute Gasteiger partial charge is 0.357 e. The van der Waals surface area contributed by atoms with Crippen LogP contribution >= 0.6 is 24.0 Å². The Morgan fingerprint density at radius 3 is 2.48 bits per heavy atom. The van der Waals surface area contributed by atoms with Gasteiger partial charge in [0.15, 0.2) is 5.96 Å². The summed E-state index contributed by atoms with van der Waals surface area (Å²) in [6.45, 7) is 12.0. The van der Waals surface area contributed by atoms with E-state index in [4.69, 9.17) is 4.99 Å². The van der Waals surface area contributed by atoms with Gasteiger partial charge in [0, 0.05) is 44.8 Å². The Morgan fingerprint density at radius 1 is 1.20 bits per heavy atom. The molecule has 25 heavy (non-hydrogen) atoms. The molecule has 2 fully saturated rings. The van der Waals surface area contributed by atoms with Crippen LogP contribution in [0.1, 0.15) is 52.9 Å². The van der Waals surface area contributed by atoms with Gasteiger partial charge in [-0.1, -0.05) is 26.7 Å². The van der Waals surface area contributed by atoms with Gasteiger partial charge in [0.1, 0.15) is 0 Å². The molecule has 0 spiro atoms. The first-order chi connectivity index (χ1) is 11.4. The maximum Gasteiger partial charge on any atom is 0.191 e. The number of aliphatic imine (C=N–C) groups is 1. The molecule has 1 atom stereocenters. The summed E-state index contributed by atoms with van der Waals surface area (Å²) < 4.78 is 0. The van der Waals surface area contributed by atoms with Crippen molar-refractivity contribution in [3.8, 4) is 0 Å². The molecule has 0 aromatic rings. The molecule has 0 bridgehead atoms. The molecular formula is C19H40IN5. The number of rotatable bonds is 7. The lowest BCUT2D eigenvalue weighted by molar-refractivity contribution is 0.241. The van der Waals surface area contributed by atoms with Gasteiger partial charge in [0.05, 0.1) is 0 Å². The maximum absolute atomic E-state index is 4.87. The lowest BCUT2D eigenvalue weighted by Crippen LogP contribution is -2.46. The molecule has 0 radical (unpaired) electrons. The molecule has 0 aromatic carbocycles. The second kappa shape index (κ2) is 10.9. The van der Waals surface area contributed by atoms with Gasteiger partial charge in [-0.15, -0.1) is 24.0 Å². The highest BCUT2D eigenvalue weighted by atomic mass is 127. The lowest BCUT2D eigenvalue weighted by atomic mass is 9.93. The van der Waals surface area contributed by atoms with Gasteiger partial charge in [-0.2, -0.15) is 0 Å². The fraction of sp³-hybridized carbons (Fsp3) is 0.947. The Balaban J connectivity index is 0.00000312. The van der Waals surface area contributed by atoms with Gasteiger partial charge in [0.2, 0.25) is 0 Å². The molecule has 2 N–H and O–H groups in total. The van der Waals surface area contributed by atoms with Crippen LogP contribution < -0.4 is 10.6 Å². The molecule has 1 aliphatic heterocycles. The van der Waals surface area contributed by atoms with Crippen LogP contribution in [0, 0.1) is 5.41 Å². The van der Waals surface area contributed by atoms with Crippen molar-refractivity contribution in [2.45, 2.75) is 65.0 Å². The molecule has 1 saturated heterocycles. The molecule has 2 aliphatic rings. The molecule has 6 heteroatoms. The van der Waals surface area contributed by atoms with E-state index in [1.165, 1.54) is 45.2 Å². The minimum atomic E-state index is 0. The molecule has 1 unspecified atom stereocenters. The highest BCUT2D eigenvalue weighted by Gasteiger charge is 2.30. The summed E-state index contributed by atoms with van der Waals surface area (Å²) in [5, 5.41) is 7.11.